The summed E-state index contributed by atoms with van der Waals surface area (Å²) in [6.07, 6.45) is 0.315. The standard InChI is InChI=1S/C16H18N2O3/c1-3-21-15(19)8-14-16-11(9-17-14)6-10-7-12(20-2)4-5-13(10)18-16/h4-7,14,17H,3,8-9H2,1-2H3. The molecule has 1 aromatic carbocycles. The highest BCUT2D eigenvalue weighted by Crippen LogP contribution is 2.30. The molecule has 1 aliphatic heterocycles. The zero-order valence-electron chi connectivity index (χ0n) is 12.2. The molecule has 1 unspecified atom stereocenters. The summed E-state index contributed by atoms with van der Waals surface area (Å²) in [5.74, 6) is 0.623. The van der Waals surface area contributed by atoms with Crippen LogP contribution in [-0.4, -0.2) is 24.7 Å². The number of nitrogens with one attached hydrogen (secondary N) is 1. The normalized spacial score (nSPS) is 16.8. The fourth-order valence-corrected chi connectivity index (χ4v) is 2.67. The van der Waals surface area contributed by atoms with E-state index in [1.807, 2.05) is 25.1 Å². The lowest BCUT2D eigenvalue weighted by molar-refractivity contribution is -0.143. The molecule has 0 bridgehead atoms. The monoisotopic (exact) mass is 286 g/mol. The summed E-state index contributed by atoms with van der Waals surface area (Å²) in [6, 6.07) is 7.85. The molecule has 1 N–H and O–H groups in total. The van der Waals surface area contributed by atoms with Crippen molar-refractivity contribution in [2.24, 2.45) is 0 Å². The maximum atomic E-state index is 11.6. The van der Waals surface area contributed by atoms with Crippen molar-refractivity contribution in [2.45, 2.75) is 25.9 Å². The second-order valence-electron chi connectivity index (χ2n) is 5.03. The molecule has 0 fully saturated rings. The van der Waals surface area contributed by atoms with Crippen LogP contribution in [0, 0.1) is 0 Å². The molecule has 1 aliphatic rings. The smallest absolute Gasteiger partial charge is 0.307 e. The molecule has 0 saturated carbocycles. The topological polar surface area (TPSA) is 60.5 Å². The molecular weight excluding hydrogens is 268 g/mol. The van der Waals surface area contributed by atoms with Crippen molar-refractivity contribution in [1.29, 1.82) is 0 Å². The van der Waals surface area contributed by atoms with Crippen molar-refractivity contribution in [3.05, 3.63) is 35.5 Å². The maximum Gasteiger partial charge on any atom is 0.307 e. The van der Waals surface area contributed by atoms with Crippen LogP contribution in [0.25, 0.3) is 10.9 Å². The number of fused-ring (bicyclic) bond motifs is 2. The molecule has 0 spiro atoms. The van der Waals surface area contributed by atoms with E-state index in [4.69, 9.17) is 14.5 Å². The third kappa shape index (κ3) is 2.69. The highest BCUT2D eigenvalue weighted by Gasteiger charge is 2.26. The second-order valence-corrected chi connectivity index (χ2v) is 5.03. The largest absolute Gasteiger partial charge is 0.497 e. The molecule has 5 nitrogen and oxygen atoms in total. The Kier molecular flexibility index (Phi) is 3.75. The molecule has 2 heterocycles. The Bertz CT molecular complexity index is 685. The molecule has 0 radical (unpaired) electrons. The van der Waals surface area contributed by atoms with Crippen LogP contribution in [0.4, 0.5) is 0 Å². The zero-order valence-corrected chi connectivity index (χ0v) is 12.2. The summed E-state index contributed by atoms with van der Waals surface area (Å²) in [7, 11) is 1.65. The van der Waals surface area contributed by atoms with Crippen LogP contribution in [0.2, 0.25) is 0 Å². The molecule has 3 rings (SSSR count). The summed E-state index contributed by atoms with van der Waals surface area (Å²) in [5.41, 5.74) is 2.98. The van der Waals surface area contributed by atoms with Gasteiger partial charge in [0, 0.05) is 11.9 Å². The van der Waals surface area contributed by atoms with Crippen LogP contribution in [0.15, 0.2) is 24.3 Å². The summed E-state index contributed by atoms with van der Waals surface area (Å²) in [5, 5.41) is 4.37. The zero-order chi connectivity index (χ0) is 14.8. The molecule has 0 saturated heterocycles. The fourth-order valence-electron chi connectivity index (χ4n) is 2.67. The lowest BCUT2D eigenvalue weighted by Gasteiger charge is -2.11. The van der Waals surface area contributed by atoms with Crippen molar-refractivity contribution >= 4 is 16.9 Å². The van der Waals surface area contributed by atoms with E-state index in [2.05, 4.69) is 11.4 Å². The molecule has 5 heteroatoms. The van der Waals surface area contributed by atoms with E-state index in [1.165, 1.54) is 0 Å². The minimum Gasteiger partial charge on any atom is -0.497 e. The maximum absolute atomic E-state index is 11.6. The predicted molar refractivity (Wildman–Crippen MR) is 79.1 cm³/mol. The van der Waals surface area contributed by atoms with Gasteiger partial charge >= 0.3 is 5.97 Å². The van der Waals surface area contributed by atoms with Gasteiger partial charge in [0.2, 0.25) is 0 Å². The van der Waals surface area contributed by atoms with Gasteiger partial charge in [-0.2, -0.15) is 0 Å². The van der Waals surface area contributed by atoms with Gasteiger partial charge < -0.3 is 14.8 Å². The first-order valence-electron chi connectivity index (χ1n) is 7.08. The Morgan fingerprint density at radius 1 is 1.43 bits per heavy atom. The van der Waals surface area contributed by atoms with Gasteiger partial charge in [-0.05, 0) is 36.8 Å². The number of rotatable bonds is 4. The van der Waals surface area contributed by atoms with Crippen LogP contribution >= 0.6 is 0 Å². The summed E-state index contributed by atoms with van der Waals surface area (Å²) < 4.78 is 10.3. The van der Waals surface area contributed by atoms with Crippen molar-refractivity contribution in [3.63, 3.8) is 0 Å². The minimum absolute atomic E-state index is 0.0643. The quantitative estimate of drug-likeness (QED) is 0.874. The fraction of sp³-hybridized carbons (Fsp3) is 0.375. The van der Waals surface area contributed by atoms with Crippen LogP contribution in [-0.2, 0) is 16.1 Å². The number of hydrogen-bond acceptors (Lipinski definition) is 5. The number of carbonyl (C=O) groups is 1. The Labute approximate surface area is 123 Å². The van der Waals surface area contributed by atoms with E-state index in [0.29, 0.717) is 13.0 Å². The number of methoxy groups -OCH3 is 1. The summed E-state index contributed by atoms with van der Waals surface area (Å²) in [6.45, 7) is 2.94. The van der Waals surface area contributed by atoms with Crippen molar-refractivity contribution < 1.29 is 14.3 Å². The van der Waals surface area contributed by atoms with E-state index in [0.717, 1.165) is 34.5 Å². The van der Waals surface area contributed by atoms with Crippen LogP contribution < -0.4 is 10.1 Å². The number of benzene rings is 1. The molecule has 21 heavy (non-hydrogen) atoms. The average molecular weight is 286 g/mol. The van der Waals surface area contributed by atoms with Gasteiger partial charge in [-0.25, -0.2) is 0 Å². The number of ether oxygens (including phenoxy) is 2. The SMILES string of the molecule is CCOC(=O)CC1NCc2cc3cc(OC)ccc3nc21. The third-order valence-corrected chi connectivity index (χ3v) is 3.68. The number of hydrogen-bond donors (Lipinski definition) is 1. The third-order valence-electron chi connectivity index (χ3n) is 3.68. The van der Waals surface area contributed by atoms with Crippen molar-refractivity contribution in [3.8, 4) is 5.75 Å². The van der Waals surface area contributed by atoms with Crippen molar-refractivity contribution in [1.82, 2.24) is 10.3 Å². The van der Waals surface area contributed by atoms with E-state index < -0.39 is 0 Å². The molecule has 1 aromatic heterocycles. The number of pyridine rings is 1. The minimum atomic E-state index is -0.195. The van der Waals surface area contributed by atoms with Gasteiger partial charge in [0.25, 0.3) is 0 Å². The number of aromatic nitrogens is 1. The highest BCUT2D eigenvalue weighted by atomic mass is 16.5. The van der Waals surface area contributed by atoms with Gasteiger partial charge in [0.05, 0.1) is 37.4 Å². The first kappa shape index (κ1) is 13.8. The van der Waals surface area contributed by atoms with Gasteiger partial charge in [0.15, 0.2) is 0 Å². The van der Waals surface area contributed by atoms with Crippen LogP contribution in [0.1, 0.15) is 30.6 Å². The van der Waals surface area contributed by atoms with Crippen LogP contribution in [0.3, 0.4) is 0 Å². The number of esters is 1. The van der Waals surface area contributed by atoms with Gasteiger partial charge in [-0.15, -0.1) is 0 Å². The molecule has 1 atom stereocenters. The summed E-state index contributed by atoms with van der Waals surface area (Å²) >= 11 is 0. The number of nitrogens with zero attached hydrogens (tertiary/aromatic N) is 1. The molecule has 110 valence electrons. The van der Waals surface area contributed by atoms with Gasteiger partial charge in [-0.1, -0.05) is 0 Å². The Morgan fingerprint density at radius 3 is 3.05 bits per heavy atom. The average Bonchev–Trinajstić information content (AvgIpc) is 2.86. The molecule has 2 aromatic rings. The molecule has 0 amide bonds. The van der Waals surface area contributed by atoms with E-state index >= 15 is 0 Å². The lowest BCUT2D eigenvalue weighted by Crippen LogP contribution is -2.18. The van der Waals surface area contributed by atoms with E-state index in [9.17, 15) is 4.79 Å². The van der Waals surface area contributed by atoms with Crippen molar-refractivity contribution in [2.75, 3.05) is 13.7 Å². The first-order chi connectivity index (χ1) is 10.2. The predicted octanol–water partition coefficient (Wildman–Crippen LogP) is 2.34. The van der Waals surface area contributed by atoms with Gasteiger partial charge in [-0.3, -0.25) is 9.78 Å². The number of carbonyl (C=O) groups excluding carboxylic acids is 1. The Hall–Kier alpha value is -2.14. The summed E-state index contributed by atoms with van der Waals surface area (Å²) in [4.78, 5) is 16.3. The lowest BCUT2D eigenvalue weighted by atomic mass is 10.1. The highest BCUT2D eigenvalue weighted by molar-refractivity contribution is 5.81. The van der Waals surface area contributed by atoms with E-state index in [-0.39, 0.29) is 12.0 Å². The van der Waals surface area contributed by atoms with E-state index in [1.54, 1.807) is 7.11 Å². The Balaban J connectivity index is 1.92. The Morgan fingerprint density at radius 2 is 2.29 bits per heavy atom. The molecular formula is C16H18N2O3. The molecule has 0 aliphatic carbocycles. The van der Waals surface area contributed by atoms with Gasteiger partial charge in [0.1, 0.15) is 5.75 Å². The van der Waals surface area contributed by atoms with Crippen LogP contribution in [0.5, 0.6) is 5.75 Å². The first-order valence-corrected chi connectivity index (χ1v) is 7.08. The second kappa shape index (κ2) is 5.69.